The minimum absolute atomic E-state index is 0.104. The highest BCUT2D eigenvalue weighted by Crippen LogP contribution is 2.26. The number of halogens is 1. The Kier molecular flexibility index (Phi) is 10.3. The van der Waals surface area contributed by atoms with E-state index in [0.29, 0.717) is 47.1 Å². The number of anilines is 1. The lowest BCUT2D eigenvalue weighted by Crippen LogP contribution is -2.34. The summed E-state index contributed by atoms with van der Waals surface area (Å²) in [6, 6.07) is 11.3. The first-order chi connectivity index (χ1) is 15.6. The second-order valence-electron chi connectivity index (χ2n) is 7.70. The lowest BCUT2D eigenvalue weighted by atomic mass is 10.1. The van der Waals surface area contributed by atoms with Crippen molar-refractivity contribution in [2.24, 2.45) is 5.92 Å². The summed E-state index contributed by atoms with van der Waals surface area (Å²) in [5.41, 5.74) is 0.983. The van der Waals surface area contributed by atoms with Gasteiger partial charge in [-0.2, -0.15) is 4.31 Å². The number of amides is 1. The minimum atomic E-state index is -3.53. The molecular formula is C23H30BrN3O4S2. The normalized spacial score (nSPS) is 11.5. The van der Waals surface area contributed by atoms with Crippen molar-refractivity contribution < 1.29 is 17.9 Å². The highest BCUT2D eigenvalue weighted by Gasteiger charge is 2.21. The molecule has 33 heavy (non-hydrogen) atoms. The molecule has 0 spiro atoms. The number of sulfonamides is 1. The van der Waals surface area contributed by atoms with Crippen LogP contribution in [0.25, 0.3) is 0 Å². The lowest BCUT2D eigenvalue weighted by molar-refractivity contribution is 0.0977. The van der Waals surface area contributed by atoms with Crippen LogP contribution in [-0.2, 0) is 10.0 Å². The molecule has 2 aromatic carbocycles. The van der Waals surface area contributed by atoms with Crippen LogP contribution in [0.4, 0.5) is 5.69 Å². The second kappa shape index (κ2) is 12.5. The van der Waals surface area contributed by atoms with Gasteiger partial charge in [0.2, 0.25) is 10.0 Å². The van der Waals surface area contributed by atoms with Crippen molar-refractivity contribution in [3.8, 4) is 5.75 Å². The molecule has 0 aliphatic rings. The predicted octanol–water partition coefficient (Wildman–Crippen LogP) is 5.03. The van der Waals surface area contributed by atoms with Crippen molar-refractivity contribution in [3.05, 3.63) is 52.5 Å². The highest BCUT2D eigenvalue weighted by atomic mass is 79.9. The van der Waals surface area contributed by atoms with Gasteiger partial charge in [-0.25, -0.2) is 8.42 Å². The number of carbonyl (C=O) groups is 1. The molecule has 0 saturated heterocycles. The molecule has 0 radical (unpaired) electrons. The summed E-state index contributed by atoms with van der Waals surface area (Å²) in [7, 11) is -3.53. The molecule has 180 valence electrons. The number of hydrogen-bond donors (Lipinski definition) is 2. The fraction of sp³-hybridized carbons (Fsp3) is 0.391. The lowest BCUT2D eigenvalue weighted by Gasteiger charge is -2.18. The molecule has 2 N–H and O–H groups in total. The van der Waals surface area contributed by atoms with E-state index in [1.54, 1.807) is 44.2 Å². The van der Waals surface area contributed by atoms with E-state index < -0.39 is 10.0 Å². The first-order valence-corrected chi connectivity index (χ1v) is 13.4. The van der Waals surface area contributed by atoms with Gasteiger partial charge in [-0.3, -0.25) is 10.1 Å². The molecular weight excluding hydrogens is 526 g/mol. The molecule has 0 aliphatic heterocycles. The van der Waals surface area contributed by atoms with Crippen molar-refractivity contribution in [2.75, 3.05) is 25.0 Å². The van der Waals surface area contributed by atoms with Gasteiger partial charge in [-0.05, 0) is 83.0 Å². The van der Waals surface area contributed by atoms with Crippen LogP contribution >= 0.6 is 28.1 Å². The number of thiocarbonyl (C=S) groups is 1. The average Bonchev–Trinajstić information content (AvgIpc) is 2.75. The van der Waals surface area contributed by atoms with Crippen LogP contribution in [0.5, 0.6) is 5.75 Å². The smallest absolute Gasteiger partial charge is 0.257 e. The number of benzene rings is 2. The number of rotatable bonds is 10. The SMILES string of the molecule is CCN(CC)S(=O)(=O)c1ccc(NC(=S)NC(=O)c2ccc(OCCC(C)C)c(Br)c2)cc1. The molecule has 0 atom stereocenters. The van der Waals surface area contributed by atoms with E-state index >= 15 is 0 Å². The highest BCUT2D eigenvalue weighted by molar-refractivity contribution is 9.10. The Hall–Kier alpha value is -2.01. The number of carbonyl (C=O) groups excluding carboxylic acids is 1. The maximum Gasteiger partial charge on any atom is 0.257 e. The van der Waals surface area contributed by atoms with Crippen LogP contribution in [0.15, 0.2) is 51.8 Å². The van der Waals surface area contributed by atoms with Crippen LogP contribution < -0.4 is 15.4 Å². The van der Waals surface area contributed by atoms with Crippen LogP contribution in [0.2, 0.25) is 0 Å². The summed E-state index contributed by atoms with van der Waals surface area (Å²) < 4.78 is 33.0. The fourth-order valence-electron chi connectivity index (χ4n) is 2.92. The maximum absolute atomic E-state index is 12.6. The van der Waals surface area contributed by atoms with E-state index in [2.05, 4.69) is 40.4 Å². The van der Waals surface area contributed by atoms with E-state index in [4.69, 9.17) is 17.0 Å². The van der Waals surface area contributed by atoms with Crippen LogP contribution in [0.1, 0.15) is 44.5 Å². The van der Waals surface area contributed by atoms with E-state index in [1.165, 1.54) is 16.4 Å². The van der Waals surface area contributed by atoms with Crippen LogP contribution in [0.3, 0.4) is 0 Å². The van der Waals surface area contributed by atoms with Gasteiger partial charge in [-0.1, -0.05) is 27.7 Å². The first kappa shape index (κ1) is 27.2. The molecule has 0 saturated carbocycles. The molecule has 7 nitrogen and oxygen atoms in total. The molecule has 2 aromatic rings. The van der Waals surface area contributed by atoms with Gasteiger partial charge in [0.25, 0.3) is 5.91 Å². The van der Waals surface area contributed by atoms with Crippen molar-refractivity contribution in [1.29, 1.82) is 0 Å². The van der Waals surface area contributed by atoms with Crippen LogP contribution in [0, 0.1) is 5.92 Å². The molecule has 0 unspecified atom stereocenters. The Morgan fingerprint density at radius 3 is 2.30 bits per heavy atom. The minimum Gasteiger partial charge on any atom is -0.492 e. The third-order valence-corrected chi connectivity index (χ3v) is 7.72. The summed E-state index contributed by atoms with van der Waals surface area (Å²) in [5.74, 6) is 0.848. The van der Waals surface area contributed by atoms with Gasteiger partial charge in [0.05, 0.1) is 16.0 Å². The third-order valence-electron chi connectivity index (χ3n) is 4.83. The van der Waals surface area contributed by atoms with Gasteiger partial charge in [0.15, 0.2) is 5.11 Å². The summed E-state index contributed by atoms with van der Waals surface area (Å²) in [6.07, 6.45) is 0.941. The topological polar surface area (TPSA) is 87.7 Å². The van der Waals surface area contributed by atoms with Gasteiger partial charge in [0.1, 0.15) is 5.75 Å². The molecule has 0 aromatic heterocycles. The molecule has 2 rings (SSSR count). The number of ether oxygens (including phenoxy) is 1. The summed E-state index contributed by atoms with van der Waals surface area (Å²) in [6.45, 7) is 9.25. The molecule has 10 heteroatoms. The van der Waals surface area contributed by atoms with Gasteiger partial charge in [-0.15, -0.1) is 0 Å². The quantitative estimate of drug-likeness (QED) is 0.399. The molecule has 0 aliphatic carbocycles. The van der Waals surface area contributed by atoms with E-state index in [0.717, 1.165) is 6.42 Å². The van der Waals surface area contributed by atoms with Crippen molar-refractivity contribution >= 4 is 54.9 Å². The average molecular weight is 557 g/mol. The number of hydrogen-bond acceptors (Lipinski definition) is 5. The number of nitrogens with one attached hydrogen (secondary N) is 2. The third kappa shape index (κ3) is 7.77. The van der Waals surface area contributed by atoms with E-state index in [9.17, 15) is 13.2 Å². The van der Waals surface area contributed by atoms with Crippen LogP contribution in [-0.4, -0.2) is 43.4 Å². The van der Waals surface area contributed by atoms with E-state index in [-0.39, 0.29) is 15.9 Å². The second-order valence-corrected chi connectivity index (χ2v) is 10.9. The Morgan fingerprint density at radius 1 is 1.12 bits per heavy atom. The summed E-state index contributed by atoms with van der Waals surface area (Å²) >= 11 is 8.67. The Bertz CT molecular complexity index is 1070. The molecule has 0 heterocycles. The zero-order valence-corrected chi connectivity index (χ0v) is 22.4. The Labute approximate surface area is 210 Å². The van der Waals surface area contributed by atoms with E-state index in [1.807, 2.05) is 0 Å². The fourth-order valence-corrected chi connectivity index (χ4v) is 5.09. The standard InChI is InChI=1S/C23H30BrN3O4S2/c1-5-27(6-2)33(29,30)19-10-8-18(9-11-19)25-23(32)26-22(28)17-7-12-21(20(24)15-17)31-14-13-16(3)4/h7-12,15-16H,5-6,13-14H2,1-4H3,(H2,25,26,28,32). The van der Waals surface area contributed by atoms with Gasteiger partial charge in [0, 0.05) is 24.3 Å². The number of nitrogens with zero attached hydrogens (tertiary/aromatic N) is 1. The molecule has 0 fully saturated rings. The van der Waals surface area contributed by atoms with Crippen molar-refractivity contribution in [3.63, 3.8) is 0 Å². The largest absolute Gasteiger partial charge is 0.492 e. The summed E-state index contributed by atoms with van der Waals surface area (Å²) in [5, 5.41) is 5.63. The first-order valence-electron chi connectivity index (χ1n) is 10.7. The van der Waals surface area contributed by atoms with Gasteiger partial charge >= 0.3 is 0 Å². The zero-order valence-electron chi connectivity index (χ0n) is 19.2. The summed E-state index contributed by atoms with van der Waals surface area (Å²) in [4.78, 5) is 12.8. The molecule has 1 amide bonds. The monoisotopic (exact) mass is 555 g/mol. The predicted molar refractivity (Wildman–Crippen MR) is 139 cm³/mol. The zero-order chi connectivity index (χ0) is 24.6. The Morgan fingerprint density at radius 2 is 1.76 bits per heavy atom. The maximum atomic E-state index is 12.6. The van der Waals surface area contributed by atoms with Crippen molar-refractivity contribution in [1.82, 2.24) is 9.62 Å². The molecule has 0 bridgehead atoms. The van der Waals surface area contributed by atoms with Crippen molar-refractivity contribution in [2.45, 2.75) is 39.0 Å². The Balaban J connectivity index is 1.98. The van der Waals surface area contributed by atoms with Gasteiger partial charge < -0.3 is 10.1 Å².